The van der Waals surface area contributed by atoms with Crippen LogP contribution in [0.2, 0.25) is 0 Å². The maximum absolute atomic E-state index is 5.90. The van der Waals surface area contributed by atoms with Gasteiger partial charge in [0.05, 0.1) is 6.61 Å². The summed E-state index contributed by atoms with van der Waals surface area (Å²) in [6.45, 7) is 3.09. The van der Waals surface area contributed by atoms with E-state index in [9.17, 15) is 0 Å². The first kappa shape index (κ1) is 8.79. The van der Waals surface area contributed by atoms with Crippen LogP contribution in [0.5, 0.6) is 0 Å². The molecule has 70 valence electrons. The molecule has 0 spiro atoms. The summed E-state index contributed by atoms with van der Waals surface area (Å²) in [6, 6.07) is 1.29. The predicted molar refractivity (Wildman–Crippen MR) is 49.7 cm³/mol. The highest BCUT2D eigenvalue weighted by molar-refractivity contribution is 6.18. The van der Waals surface area contributed by atoms with Gasteiger partial charge < -0.3 is 4.74 Å². The van der Waals surface area contributed by atoms with E-state index in [-0.39, 0.29) is 0 Å². The monoisotopic (exact) mass is 189 g/mol. The van der Waals surface area contributed by atoms with E-state index in [2.05, 4.69) is 4.90 Å². The predicted octanol–water partition coefficient (Wildman–Crippen LogP) is 1.48. The molecule has 3 heteroatoms. The lowest BCUT2D eigenvalue weighted by atomic mass is 10.2. The maximum atomic E-state index is 5.90. The minimum Gasteiger partial charge on any atom is -0.380 e. The molecule has 0 aromatic carbocycles. The highest BCUT2D eigenvalue weighted by atomic mass is 35.5. The Morgan fingerprint density at radius 2 is 2.33 bits per heavy atom. The topological polar surface area (TPSA) is 12.5 Å². The zero-order valence-electron chi connectivity index (χ0n) is 7.34. The van der Waals surface area contributed by atoms with Gasteiger partial charge in [0.1, 0.15) is 0 Å². The summed E-state index contributed by atoms with van der Waals surface area (Å²) < 4.78 is 5.38. The molecule has 2 saturated heterocycles. The van der Waals surface area contributed by atoms with Gasteiger partial charge in [0, 0.05) is 24.6 Å². The molecule has 2 aliphatic rings. The van der Waals surface area contributed by atoms with E-state index >= 15 is 0 Å². The van der Waals surface area contributed by atoms with Crippen LogP contribution in [-0.4, -0.2) is 42.6 Å². The molecule has 0 amide bonds. The summed E-state index contributed by atoms with van der Waals surface area (Å²) in [4.78, 5) is 2.54. The smallest absolute Gasteiger partial charge is 0.0622 e. The fourth-order valence-corrected chi connectivity index (χ4v) is 2.62. The molecule has 12 heavy (non-hydrogen) atoms. The van der Waals surface area contributed by atoms with Gasteiger partial charge in [0.15, 0.2) is 0 Å². The molecular weight excluding hydrogens is 174 g/mol. The van der Waals surface area contributed by atoms with Crippen LogP contribution in [0, 0.1) is 0 Å². The van der Waals surface area contributed by atoms with Crippen LogP contribution in [0.3, 0.4) is 0 Å². The minimum absolute atomic E-state index is 0.623. The Kier molecular flexibility index (Phi) is 2.89. The Balaban J connectivity index is 1.92. The Labute approximate surface area is 78.8 Å². The summed E-state index contributed by atoms with van der Waals surface area (Å²) in [7, 11) is 0. The van der Waals surface area contributed by atoms with Crippen molar-refractivity contribution in [3.05, 3.63) is 0 Å². The third kappa shape index (κ3) is 1.61. The second-order valence-corrected chi connectivity index (χ2v) is 4.01. The van der Waals surface area contributed by atoms with Gasteiger partial charge >= 0.3 is 0 Å². The average Bonchev–Trinajstić information content (AvgIpc) is 2.74. The summed E-state index contributed by atoms with van der Waals surface area (Å²) in [5.41, 5.74) is 0. The van der Waals surface area contributed by atoms with E-state index in [1.165, 1.54) is 25.8 Å². The van der Waals surface area contributed by atoms with Crippen LogP contribution in [0.15, 0.2) is 0 Å². The van der Waals surface area contributed by atoms with Gasteiger partial charge in [0.25, 0.3) is 0 Å². The second-order valence-electron chi connectivity index (χ2n) is 3.71. The van der Waals surface area contributed by atoms with Crippen LogP contribution in [-0.2, 0) is 4.74 Å². The molecule has 0 saturated carbocycles. The average molecular weight is 190 g/mol. The van der Waals surface area contributed by atoms with Gasteiger partial charge in [-0.3, -0.25) is 4.90 Å². The highest BCUT2D eigenvalue weighted by Crippen LogP contribution is 2.24. The largest absolute Gasteiger partial charge is 0.380 e. The molecule has 2 fully saturated rings. The SMILES string of the molecule is ClCC1CCCN1C1CCOC1. The number of ether oxygens (including phenoxy) is 1. The molecule has 0 aromatic heterocycles. The molecular formula is C9H16ClNO. The summed E-state index contributed by atoms with van der Waals surface area (Å²) in [5.74, 6) is 0.788. The van der Waals surface area contributed by atoms with E-state index in [4.69, 9.17) is 16.3 Å². The number of halogens is 1. The van der Waals surface area contributed by atoms with Gasteiger partial charge in [-0.05, 0) is 25.8 Å². The Morgan fingerprint density at radius 3 is 3.00 bits per heavy atom. The van der Waals surface area contributed by atoms with Crippen molar-refractivity contribution in [2.75, 3.05) is 25.6 Å². The molecule has 2 nitrogen and oxygen atoms in total. The molecule has 2 aliphatic heterocycles. The van der Waals surface area contributed by atoms with Gasteiger partial charge in [-0.15, -0.1) is 11.6 Å². The van der Waals surface area contributed by atoms with Crippen LogP contribution >= 0.6 is 11.6 Å². The number of nitrogens with zero attached hydrogens (tertiary/aromatic N) is 1. The van der Waals surface area contributed by atoms with Crippen molar-refractivity contribution in [3.63, 3.8) is 0 Å². The zero-order chi connectivity index (χ0) is 8.39. The number of rotatable bonds is 2. The molecule has 2 atom stereocenters. The van der Waals surface area contributed by atoms with Crippen molar-refractivity contribution in [3.8, 4) is 0 Å². The lowest BCUT2D eigenvalue weighted by Crippen LogP contribution is -2.40. The lowest BCUT2D eigenvalue weighted by Gasteiger charge is -2.27. The summed E-state index contributed by atoms with van der Waals surface area (Å²) in [5, 5.41) is 0. The minimum atomic E-state index is 0.623. The number of hydrogen-bond donors (Lipinski definition) is 0. The fraction of sp³-hybridized carbons (Fsp3) is 1.00. The number of hydrogen-bond acceptors (Lipinski definition) is 2. The van der Waals surface area contributed by atoms with Crippen molar-refractivity contribution in [1.29, 1.82) is 0 Å². The first-order valence-corrected chi connectivity index (χ1v) is 5.34. The van der Waals surface area contributed by atoms with Crippen LogP contribution in [0.1, 0.15) is 19.3 Å². The van der Waals surface area contributed by atoms with Crippen molar-refractivity contribution in [2.24, 2.45) is 0 Å². The standard InChI is InChI=1S/C9H16ClNO/c10-6-8-2-1-4-11(8)9-3-5-12-7-9/h8-9H,1-7H2. The first-order chi connectivity index (χ1) is 5.92. The van der Waals surface area contributed by atoms with E-state index in [0.717, 1.165) is 19.1 Å². The molecule has 0 N–H and O–H groups in total. The fourth-order valence-electron chi connectivity index (χ4n) is 2.29. The summed E-state index contributed by atoms with van der Waals surface area (Å²) >= 11 is 5.90. The van der Waals surface area contributed by atoms with E-state index < -0.39 is 0 Å². The Hall–Kier alpha value is 0.210. The lowest BCUT2D eigenvalue weighted by molar-refractivity contribution is 0.141. The summed E-state index contributed by atoms with van der Waals surface area (Å²) in [6.07, 6.45) is 3.79. The molecule has 0 radical (unpaired) electrons. The van der Waals surface area contributed by atoms with Crippen LogP contribution in [0.25, 0.3) is 0 Å². The number of likely N-dealkylation sites (tertiary alicyclic amines) is 1. The maximum Gasteiger partial charge on any atom is 0.0622 e. The van der Waals surface area contributed by atoms with Gasteiger partial charge in [0.2, 0.25) is 0 Å². The molecule has 0 aliphatic carbocycles. The van der Waals surface area contributed by atoms with Gasteiger partial charge in [-0.1, -0.05) is 0 Å². The molecule has 2 heterocycles. The van der Waals surface area contributed by atoms with Crippen molar-refractivity contribution in [2.45, 2.75) is 31.3 Å². The highest BCUT2D eigenvalue weighted by Gasteiger charge is 2.31. The van der Waals surface area contributed by atoms with E-state index in [1.54, 1.807) is 0 Å². The third-order valence-corrected chi connectivity index (χ3v) is 3.33. The van der Waals surface area contributed by atoms with Crippen molar-refractivity contribution in [1.82, 2.24) is 4.90 Å². The zero-order valence-corrected chi connectivity index (χ0v) is 8.09. The molecule has 0 aromatic rings. The Bertz CT molecular complexity index is 147. The quantitative estimate of drug-likeness (QED) is 0.611. The van der Waals surface area contributed by atoms with Gasteiger partial charge in [-0.25, -0.2) is 0 Å². The Morgan fingerprint density at radius 1 is 1.42 bits per heavy atom. The molecule has 2 rings (SSSR count). The van der Waals surface area contributed by atoms with Crippen LogP contribution in [0.4, 0.5) is 0 Å². The first-order valence-electron chi connectivity index (χ1n) is 4.81. The third-order valence-electron chi connectivity index (χ3n) is 2.98. The van der Waals surface area contributed by atoms with Crippen molar-refractivity contribution < 1.29 is 4.74 Å². The molecule has 0 bridgehead atoms. The number of alkyl halides is 1. The van der Waals surface area contributed by atoms with Crippen molar-refractivity contribution >= 4 is 11.6 Å². The second kappa shape index (κ2) is 3.95. The van der Waals surface area contributed by atoms with Crippen LogP contribution < -0.4 is 0 Å². The molecule has 2 unspecified atom stereocenters. The van der Waals surface area contributed by atoms with E-state index in [0.29, 0.717) is 12.1 Å². The van der Waals surface area contributed by atoms with E-state index in [1.807, 2.05) is 0 Å². The van der Waals surface area contributed by atoms with Gasteiger partial charge in [-0.2, -0.15) is 0 Å². The normalized spacial score (nSPS) is 37.8.